The van der Waals surface area contributed by atoms with Crippen molar-refractivity contribution in [3.8, 4) is 5.69 Å². The average Bonchev–Trinajstić information content (AvgIpc) is 3.29. The molecule has 202 valence electrons. The van der Waals surface area contributed by atoms with E-state index in [0.717, 1.165) is 22.5 Å². The third-order valence-electron chi connectivity index (χ3n) is 6.52. The molecule has 0 fully saturated rings. The maximum Gasteiger partial charge on any atom is 0.143 e. The van der Waals surface area contributed by atoms with E-state index in [9.17, 15) is 18.4 Å². The minimum Gasteiger partial charge on any atom is -0.300 e. The number of rotatable bonds is 10. The number of carbonyl (C=O) groups is 2. The maximum absolute atomic E-state index is 15.0. The lowest BCUT2D eigenvalue weighted by molar-refractivity contribution is -0.118. The molecule has 0 atom stereocenters. The summed E-state index contributed by atoms with van der Waals surface area (Å²) in [6.45, 7) is 7.64. The molecule has 4 aromatic rings. The lowest BCUT2D eigenvalue weighted by Crippen LogP contribution is -2.13. The van der Waals surface area contributed by atoms with Gasteiger partial charge < -0.3 is 0 Å². The number of carbonyl (C=O) groups excluding carboxylic acids is 2. The van der Waals surface area contributed by atoms with Gasteiger partial charge in [0, 0.05) is 36.6 Å². The summed E-state index contributed by atoms with van der Waals surface area (Å²) in [7, 11) is 0. The van der Waals surface area contributed by atoms with Crippen LogP contribution in [-0.2, 0) is 47.1 Å². The van der Waals surface area contributed by atoms with Crippen LogP contribution < -0.4 is 0 Å². The number of aryl methyl sites for hydroxylation is 2. The Hall–Kier alpha value is -4.00. The number of aromatic nitrogens is 3. The van der Waals surface area contributed by atoms with Crippen LogP contribution in [0.4, 0.5) is 8.78 Å². The summed E-state index contributed by atoms with van der Waals surface area (Å²) >= 11 is 0. The highest BCUT2D eigenvalue weighted by molar-refractivity contribution is 5.83. The molecule has 4 rings (SSSR count). The van der Waals surface area contributed by atoms with Crippen molar-refractivity contribution in [1.29, 1.82) is 0 Å². The third-order valence-corrected chi connectivity index (χ3v) is 6.52. The van der Waals surface area contributed by atoms with Crippen molar-refractivity contribution in [2.45, 2.75) is 65.2 Å². The Morgan fingerprint density at radius 3 is 2.18 bits per heavy atom. The molecule has 2 aromatic carbocycles. The van der Waals surface area contributed by atoms with Crippen molar-refractivity contribution in [2.75, 3.05) is 0 Å². The second-order valence-electron chi connectivity index (χ2n) is 11.0. The van der Waals surface area contributed by atoms with Crippen molar-refractivity contribution in [3.63, 3.8) is 0 Å². The van der Waals surface area contributed by atoms with E-state index < -0.39 is 5.82 Å². The van der Waals surface area contributed by atoms with Gasteiger partial charge in [0.05, 0.1) is 17.1 Å². The SMILES string of the molecule is CC(=O)Cc1cc(CCc2ccc(CC(=O)Cc3cc(C(C)(C)C)nn3-c3ccc(F)cc3)c(F)c2)ccn1. The zero-order valence-electron chi connectivity index (χ0n) is 22.8. The molecule has 2 aromatic heterocycles. The van der Waals surface area contributed by atoms with E-state index in [1.165, 1.54) is 25.1 Å². The number of Topliss-reactive ketones (excluding diaryl/α,β-unsaturated/α-hetero) is 2. The summed E-state index contributed by atoms with van der Waals surface area (Å²) in [5.41, 5.74) is 4.86. The lowest BCUT2D eigenvalue weighted by atomic mass is 9.92. The van der Waals surface area contributed by atoms with E-state index in [2.05, 4.69) is 10.1 Å². The Bertz CT molecular complexity index is 1480. The molecule has 5 nitrogen and oxygen atoms in total. The van der Waals surface area contributed by atoms with Crippen LogP contribution in [-0.4, -0.2) is 26.3 Å². The van der Waals surface area contributed by atoms with Crippen molar-refractivity contribution >= 4 is 11.6 Å². The summed E-state index contributed by atoms with van der Waals surface area (Å²) in [4.78, 5) is 28.6. The molecule has 0 saturated heterocycles. The van der Waals surface area contributed by atoms with Gasteiger partial charge in [0.25, 0.3) is 0 Å². The molecule has 0 radical (unpaired) electrons. The van der Waals surface area contributed by atoms with Crippen LogP contribution in [0.2, 0.25) is 0 Å². The van der Waals surface area contributed by atoms with Gasteiger partial charge in [-0.25, -0.2) is 13.5 Å². The molecular weight excluding hydrogens is 496 g/mol. The molecule has 0 aliphatic rings. The van der Waals surface area contributed by atoms with Gasteiger partial charge in [-0.05, 0) is 85.0 Å². The molecule has 0 N–H and O–H groups in total. The van der Waals surface area contributed by atoms with Gasteiger partial charge in [0.2, 0.25) is 0 Å². The summed E-state index contributed by atoms with van der Waals surface area (Å²) < 4.78 is 30.1. The number of halogens is 2. The smallest absolute Gasteiger partial charge is 0.143 e. The molecular formula is C32H33F2N3O2. The molecule has 0 amide bonds. The van der Waals surface area contributed by atoms with Gasteiger partial charge in [-0.2, -0.15) is 5.10 Å². The molecule has 2 heterocycles. The van der Waals surface area contributed by atoms with Crippen LogP contribution >= 0.6 is 0 Å². The van der Waals surface area contributed by atoms with E-state index in [0.29, 0.717) is 36.2 Å². The summed E-state index contributed by atoms with van der Waals surface area (Å²) in [5.74, 6) is -0.839. The fourth-order valence-corrected chi connectivity index (χ4v) is 4.41. The first-order valence-corrected chi connectivity index (χ1v) is 13.1. The average molecular weight is 530 g/mol. The highest BCUT2D eigenvalue weighted by atomic mass is 19.1. The molecule has 0 aliphatic carbocycles. The van der Waals surface area contributed by atoms with Crippen LogP contribution in [0, 0.1) is 11.6 Å². The first-order valence-electron chi connectivity index (χ1n) is 13.1. The van der Waals surface area contributed by atoms with E-state index >= 15 is 0 Å². The fourth-order valence-electron chi connectivity index (χ4n) is 4.41. The quantitative estimate of drug-likeness (QED) is 0.249. The summed E-state index contributed by atoms with van der Waals surface area (Å²) in [6, 6.07) is 16.7. The van der Waals surface area contributed by atoms with Crippen LogP contribution in [0.25, 0.3) is 5.69 Å². The predicted molar refractivity (Wildman–Crippen MR) is 147 cm³/mol. The zero-order valence-corrected chi connectivity index (χ0v) is 22.8. The van der Waals surface area contributed by atoms with E-state index in [1.807, 2.05) is 45.0 Å². The number of nitrogens with zero attached hydrogens (tertiary/aromatic N) is 3. The lowest BCUT2D eigenvalue weighted by Gasteiger charge is -2.14. The monoisotopic (exact) mass is 529 g/mol. The number of hydrogen-bond acceptors (Lipinski definition) is 4. The van der Waals surface area contributed by atoms with Gasteiger partial charge in [-0.1, -0.05) is 32.9 Å². The van der Waals surface area contributed by atoms with Crippen molar-refractivity contribution in [2.24, 2.45) is 0 Å². The van der Waals surface area contributed by atoms with Gasteiger partial charge in [-0.15, -0.1) is 0 Å². The molecule has 0 unspecified atom stereocenters. The molecule has 39 heavy (non-hydrogen) atoms. The molecule has 0 aliphatic heterocycles. The molecule has 0 spiro atoms. The van der Waals surface area contributed by atoms with Gasteiger partial charge >= 0.3 is 0 Å². The molecule has 0 saturated carbocycles. The number of hydrogen-bond donors (Lipinski definition) is 0. The predicted octanol–water partition coefficient (Wildman–Crippen LogP) is 6.11. The van der Waals surface area contributed by atoms with Crippen LogP contribution in [0.3, 0.4) is 0 Å². The standard InChI is InChI=1S/C32H33F2N3O2/c1-21(38)15-26-16-23(13-14-35-26)6-5-22-7-8-24(30(34)17-22)18-29(39)19-28-20-31(32(2,3)4)36-37(28)27-11-9-25(33)10-12-27/h7-14,16-17,20H,5-6,15,18-19H2,1-4H3. The molecule has 0 bridgehead atoms. The largest absolute Gasteiger partial charge is 0.300 e. The zero-order chi connectivity index (χ0) is 28.2. The Morgan fingerprint density at radius 2 is 1.54 bits per heavy atom. The first-order chi connectivity index (χ1) is 18.5. The normalized spacial score (nSPS) is 11.5. The van der Waals surface area contributed by atoms with Gasteiger partial charge in [0.15, 0.2) is 0 Å². The number of benzene rings is 2. The third kappa shape index (κ3) is 7.53. The van der Waals surface area contributed by atoms with Gasteiger partial charge in [0.1, 0.15) is 23.2 Å². The fraction of sp³-hybridized carbons (Fsp3) is 0.312. The summed E-state index contributed by atoms with van der Waals surface area (Å²) in [5, 5.41) is 4.68. The Balaban J connectivity index is 1.44. The topological polar surface area (TPSA) is 64.8 Å². The minimum absolute atomic E-state index is 0.0374. The number of pyridine rings is 1. The first kappa shape index (κ1) is 28.0. The van der Waals surface area contributed by atoms with Crippen molar-refractivity contribution in [1.82, 2.24) is 14.8 Å². The van der Waals surface area contributed by atoms with Gasteiger partial charge in [-0.3, -0.25) is 14.6 Å². The molecule has 7 heteroatoms. The second-order valence-corrected chi connectivity index (χ2v) is 11.0. The Labute approximate surface area is 227 Å². The highest BCUT2D eigenvalue weighted by Crippen LogP contribution is 2.25. The van der Waals surface area contributed by atoms with E-state index in [1.54, 1.807) is 29.1 Å². The number of ketones is 2. The van der Waals surface area contributed by atoms with Crippen LogP contribution in [0.5, 0.6) is 0 Å². The van der Waals surface area contributed by atoms with E-state index in [4.69, 9.17) is 0 Å². The van der Waals surface area contributed by atoms with Crippen molar-refractivity contribution < 1.29 is 18.4 Å². The minimum atomic E-state index is -0.407. The maximum atomic E-state index is 15.0. The highest BCUT2D eigenvalue weighted by Gasteiger charge is 2.22. The van der Waals surface area contributed by atoms with Crippen molar-refractivity contribution in [3.05, 3.63) is 112 Å². The Kier molecular flexibility index (Phi) is 8.48. The Morgan fingerprint density at radius 1 is 0.846 bits per heavy atom. The van der Waals surface area contributed by atoms with E-state index in [-0.39, 0.29) is 35.6 Å². The summed E-state index contributed by atoms with van der Waals surface area (Å²) in [6.07, 6.45) is 3.34. The van der Waals surface area contributed by atoms with Crippen LogP contribution in [0.1, 0.15) is 61.5 Å². The second kappa shape index (κ2) is 11.8. The van der Waals surface area contributed by atoms with Crippen LogP contribution in [0.15, 0.2) is 66.9 Å².